The van der Waals surface area contributed by atoms with E-state index in [-0.39, 0.29) is 11.1 Å². The molecule has 0 radical (unpaired) electrons. The summed E-state index contributed by atoms with van der Waals surface area (Å²) in [6.45, 7) is 6.84. The molecule has 34 heavy (non-hydrogen) atoms. The Morgan fingerprint density at radius 2 is 1.74 bits per heavy atom. The summed E-state index contributed by atoms with van der Waals surface area (Å²) in [4.78, 5) is 6.94. The Morgan fingerprint density at radius 3 is 2.50 bits per heavy atom. The number of benzene rings is 2. The van der Waals surface area contributed by atoms with Crippen LogP contribution in [0, 0.1) is 5.82 Å². The summed E-state index contributed by atoms with van der Waals surface area (Å²) in [5, 5.41) is 13.7. The molecule has 0 spiro atoms. The minimum absolute atomic E-state index is 0.127. The molecule has 3 heterocycles. The summed E-state index contributed by atoms with van der Waals surface area (Å²) in [6.07, 6.45) is 0. The van der Waals surface area contributed by atoms with E-state index in [1.807, 2.05) is 37.3 Å². The van der Waals surface area contributed by atoms with E-state index in [0.717, 1.165) is 49.1 Å². The van der Waals surface area contributed by atoms with Gasteiger partial charge in [-0.15, -0.1) is 10.2 Å². The molecule has 5 rings (SSSR count). The molecular weight excluding hydrogens is 455 g/mol. The van der Waals surface area contributed by atoms with Gasteiger partial charge in [0.1, 0.15) is 5.82 Å². The maximum absolute atomic E-state index is 13.5. The summed E-state index contributed by atoms with van der Waals surface area (Å²) >= 11 is 1.51. The molecule has 10 heteroatoms. The smallest absolute Gasteiger partial charge is 0.240 e. The van der Waals surface area contributed by atoms with E-state index in [4.69, 9.17) is 9.26 Å². The monoisotopic (exact) mass is 480 g/mol. The van der Waals surface area contributed by atoms with Crippen LogP contribution in [0.4, 0.5) is 4.39 Å². The lowest BCUT2D eigenvalue weighted by Crippen LogP contribution is -2.38. The summed E-state index contributed by atoms with van der Waals surface area (Å²) < 4.78 is 26.6. The van der Waals surface area contributed by atoms with Crippen LogP contribution < -0.4 is 0 Å². The van der Waals surface area contributed by atoms with Crippen LogP contribution in [0.3, 0.4) is 0 Å². The second-order valence-corrected chi connectivity index (χ2v) is 9.31. The minimum atomic E-state index is -0.281. The predicted octanol–water partition coefficient (Wildman–Crippen LogP) is 4.32. The van der Waals surface area contributed by atoms with Crippen LogP contribution in [-0.4, -0.2) is 62.7 Å². The van der Waals surface area contributed by atoms with Crippen LogP contribution in [0.5, 0.6) is 0 Å². The molecule has 1 fully saturated rings. The lowest BCUT2D eigenvalue weighted by molar-refractivity contribution is 0.0361. The lowest BCUT2D eigenvalue weighted by Gasteiger charge is -2.27. The number of hydrogen-bond acceptors (Lipinski definition) is 8. The number of nitrogens with zero attached hydrogens (tertiary/aromatic N) is 6. The Balaban J connectivity index is 1.37. The van der Waals surface area contributed by atoms with Gasteiger partial charge in [0.25, 0.3) is 0 Å². The molecule has 1 aliphatic rings. The normalized spacial score (nSPS) is 15.5. The van der Waals surface area contributed by atoms with E-state index in [1.54, 1.807) is 12.1 Å². The first kappa shape index (κ1) is 22.7. The Morgan fingerprint density at radius 1 is 0.971 bits per heavy atom. The average Bonchev–Trinajstić information content (AvgIpc) is 3.52. The van der Waals surface area contributed by atoms with E-state index in [0.29, 0.717) is 24.1 Å². The van der Waals surface area contributed by atoms with Gasteiger partial charge < -0.3 is 13.8 Å². The number of thioether (sulfide) groups is 1. The average molecular weight is 481 g/mol. The first-order chi connectivity index (χ1) is 16.7. The van der Waals surface area contributed by atoms with Gasteiger partial charge in [-0.3, -0.25) is 4.90 Å². The highest BCUT2D eigenvalue weighted by atomic mass is 32.2. The lowest BCUT2D eigenvalue weighted by atomic mass is 10.2. The largest absolute Gasteiger partial charge is 0.379 e. The van der Waals surface area contributed by atoms with Gasteiger partial charge in [0.2, 0.25) is 11.7 Å². The number of aromatic nitrogens is 5. The molecule has 4 aromatic rings. The second kappa shape index (κ2) is 10.5. The standard InChI is InChI=1S/C24H25FN6O2S/c1-17(23-26-21(29-33-23)18-5-3-2-4-6-18)34-24-28-27-22(19-7-9-20(25)10-8-19)31(24)12-11-30-13-15-32-16-14-30/h2-10,17H,11-16H2,1H3. The third-order valence-corrected chi connectivity index (χ3v) is 6.73. The summed E-state index contributed by atoms with van der Waals surface area (Å²) in [7, 11) is 0. The van der Waals surface area contributed by atoms with E-state index in [1.165, 1.54) is 23.9 Å². The molecule has 1 atom stereocenters. The highest BCUT2D eigenvalue weighted by Crippen LogP contribution is 2.35. The van der Waals surface area contributed by atoms with Gasteiger partial charge in [-0.2, -0.15) is 4.98 Å². The van der Waals surface area contributed by atoms with Crippen LogP contribution in [-0.2, 0) is 11.3 Å². The topological polar surface area (TPSA) is 82.1 Å². The van der Waals surface area contributed by atoms with E-state index in [2.05, 4.69) is 29.8 Å². The Kier molecular flexibility index (Phi) is 6.98. The molecule has 1 aliphatic heterocycles. The van der Waals surface area contributed by atoms with Crippen molar-refractivity contribution in [3.8, 4) is 22.8 Å². The molecule has 0 aliphatic carbocycles. The maximum Gasteiger partial charge on any atom is 0.240 e. The van der Waals surface area contributed by atoms with Crippen molar-refractivity contribution in [2.45, 2.75) is 23.9 Å². The molecule has 0 saturated carbocycles. The van der Waals surface area contributed by atoms with Crippen molar-refractivity contribution in [2.75, 3.05) is 32.8 Å². The number of ether oxygens (including phenoxy) is 1. The van der Waals surface area contributed by atoms with Crippen molar-refractivity contribution in [2.24, 2.45) is 0 Å². The third kappa shape index (κ3) is 5.19. The SMILES string of the molecule is CC(Sc1nnc(-c2ccc(F)cc2)n1CCN1CCOCC1)c1nc(-c2ccccc2)no1. The molecule has 1 saturated heterocycles. The van der Waals surface area contributed by atoms with Gasteiger partial charge in [-0.25, -0.2) is 4.39 Å². The van der Waals surface area contributed by atoms with Crippen LogP contribution in [0.25, 0.3) is 22.8 Å². The van der Waals surface area contributed by atoms with Gasteiger partial charge in [0, 0.05) is 37.3 Å². The summed E-state index contributed by atoms with van der Waals surface area (Å²) in [6, 6.07) is 16.1. The first-order valence-electron chi connectivity index (χ1n) is 11.2. The Bertz CT molecular complexity index is 1210. The number of halogens is 1. The summed E-state index contributed by atoms with van der Waals surface area (Å²) in [5.41, 5.74) is 1.72. The molecule has 0 amide bonds. The maximum atomic E-state index is 13.5. The summed E-state index contributed by atoms with van der Waals surface area (Å²) in [5.74, 6) is 1.51. The molecule has 2 aromatic heterocycles. The van der Waals surface area contributed by atoms with Crippen LogP contribution in [0.1, 0.15) is 18.1 Å². The zero-order chi connectivity index (χ0) is 23.3. The van der Waals surface area contributed by atoms with Gasteiger partial charge >= 0.3 is 0 Å². The molecule has 1 unspecified atom stereocenters. The molecule has 176 valence electrons. The van der Waals surface area contributed by atoms with Crippen molar-refractivity contribution in [3.63, 3.8) is 0 Å². The zero-order valence-electron chi connectivity index (χ0n) is 18.8. The van der Waals surface area contributed by atoms with Crippen molar-refractivity contribution in [1.29, 1.82) is 0 Å². The zero-order valence-corrected chi connectivity index (χ0v) is 19.6. The predicted molar refractivity (Wildman–Crippen MR) is 127 cm³/mol. The van der Waals surface area contributed by atoms with E-state index < -0.39 is 0 Å². The van der Waals surface area contributed by atoms with Gasteiger partial charge in [0.05, 0.1) is 18.5 Å². The van der Waals surface area contributed by atoms with E-state index >= 15 is 0 Å². The second-order valence-electron chi connectivity index (χ2n) is 8.00. The molecule has 2 aromatic carbocycles. The first-order valence-corrected chi connectivity index (χ1v) is 12.1. The third-order valence-electron chi connectivity index (χ3n) is 5.67. The fraction of sp³-hybridized carbons (Fsp3) is 0.333. The molecule has 0 bridgehead atoms. The van der Waals surface area contributed by atoms with Crippen LogP contribution in [0.15, 0.2) is 64.3 Å². The van der Waals surface area contributed by atoms with Crippen molar-refractivity contribution in [1.82, 2.24) is 29.8 Å². The number of morpholine rings is 1. The molecule has 0 N–H and O–H groups in total. The molecule has 8 nitrogen and oxygen atoms in total. The Labute approximate surface area is 201 Å². The quantitative estimate of drug-likeness (QED) is 0.345. The van der Waals surface area contributed by atoms with Crippen LogP contribution >= 0.6 is 11.8 Å². The number of hydrogen-bond donors (Lipinski definition) is 0. The fourth-order valence-electron chi connectivity index (χ4n) is 3.77. The molecular formula is C24H25FN6O2S. The van der Waals surface area contributed by atoms with Gasteiger partial charge in [-0.05, 0) is 31.2 Å². The minimum Gasteiger partial charge on any atom is -0.379 e. The van der Waals surface area contributed by atoms with Crippen molar-refractivity contribution in [3.05, 3.63) is 66.3 Å². The van der Waals surface area contributed by atoms with Crippen molar-refractivity contribution >= 4 is 11.8 Å². The van der Waals surface area contributed by atoms with Gasteiger partial charge in [-0.1, -0.05) is 47.3 Å². The fourth-order valence-corrected chi connectivity index (χ4v) is 4.68. The van der Waals surface area contributed by atoms with Crippen LogP contribution in [0.2, 0.25) is 0 Å². The number of rotatable bonds is 8. The van der Waals surface area contributed by atoms with Gasteiger partial charge in [0.15, 0.2) is 11.0 Å². The highest BCUT2D eigenvalue weighted by molar-refractivity contribution is 7.99. The highest BCUT2D eigenvalue weighted by Gasteiger charge is 2.22. The van der Waals surface area contributed by atoms with E-state index in [9.17, 15) is 4.39 Å². The van der Waals surface area contributed by atoms with Crippen molar-refractivity contribution < 1.29 is 13.7 Å². The Hall–Kier alpha value is -3.08.